The van der Waals surface area contributed by atoms with E-state index >= 15 is 0 Å². The van der Waals surface area contributed by atoms with Crippen LogP contribution in [0.4, 0.5) is 5.69 Å². The first-order valence-electron chi connectivity index (χ1n) is 5.84. The van der Waals surface area contributed by atoms with Crippen molar-refractivity contribution in [3.8, 4) is 11.6 Å². The molecule has 0 saturated carbocycles. The fourth-order valence-electron chi connectivity index (χ4n) is 1.61. The van der Waals surface area contributed by atoms with Gasteiger partial charge in [0.15, 0.2) is 10.9 Å². The summed E-state index contributed by atoms with van der Waals surface area (Å²) in [6.07, 6.45) is 0. The van der Waals surface area contributed by atoms with Crippen molar-refractivity contribution >= 4 is 44.8 Å². The van der Waals surface area contributed by atoms with E-state index in [0.29, 0.717) is 32.0 Å². The maximum absolute atomic E-state index is 6.11. The third-order valence-corrected chi connectivity index (χ3v) is 3.77. The third kappa shape index (κ3) is 3.34. The molecular formula is C13H12BrCl2N3O. The van der Waals surface area contributed by atoms with E-state index in [0.717, 1.165) is 5.56 Å². The smallest absolute Gasteiger partial charge is 0.239 e. The number of hydrogen-bond acceptors (Lipinski definition) is 4. The lowest BCUT2D eigenvalue weighted by Crippen LogP contribution is -1.98. The molecule has 2 aromatic rings. The molecule has 0 amide bonds. The highest BCUT2D eigenvalue weighted by Crippen LogP contribution is 2.38. The van der Waals surface area contributed by atoms with Gasteiger partial charge in [-0.25, -0.2) is 0 Å². The molecule has 20 heavy (non-hydrogen) atoms. The second-order valence-electron chi connectivity index (χ2n) is 4.50. The number of nitrogens with zero attached hydrogens (tertiary/aromatic N) is 2. The Balaban J connectivity index is 2.38. The van der Waals surface area contributed by atoms with Crippen molar-refractivity contribution in [2.24, 2.45) is 0 Å². The molecule has 2 N–H and O–H groups in total. The molecule has 0 aliphatic rings. The summed E-state index contributed by atoms with van der Waals surface area (Å²) >= 11 is 15.5. The predicted molar refractivity (Wildman–Crippen MR) is 84.8 cm³/mol. The first kappa shape index (κ1) is 15.4. The summed E-state index contributed by atoms with van der Waals surface area (Å²) < 4.78 is 6.32. The summed E-state index contributed by atoms with van der Waals surface area (Å²) in [6.45, 7) is 4.03. The fourth-order valence-corrected chi connectivity index (χ4v) is 2.86. The van der Waals surface area contributed by atoms with Crippen LogP contribution in [0.25, 0.3) is 0 Å². The average Bonchev–Trinajstić information content (AvgIpc) is 2.35. The normalized spacial score (nSPS) is 10.9. The molecule has 0 spiro atoms. The second kappa shape index (κ2) is 6.16. The zero-order valence-corrected chi connectivity index (χ0v) is 13.9. The van der Waals surface area contributed by atoms with Gasteiger partial charge in [0.1, 0.15) is 0 Å². The maximum atomic E-state index is 6.11. The molecule has 0 radical (unpaired) electrons. The van der Waals surface area contributed by atoms with Crippen molar-refractivity contribution in [3.63, 3.8) is 0 Å². The van der Waals surface area contributed by atoms with E-state index < -0.39 is 0 Å². The lowest BCUT2D eigenvalue weighted by Gasteiger charge is -2.12. The summed E-state index contributed by atoms with van der Waals surface area (Å²) in [7, 11) is 0. The van der Waals surface area contributed by atoms with Gasteiger partial charge in [0.2, 0.25) is 5.88 Å². The van der Waals surface area contributed by atoms with E-state index in [1.807, 2.05) is 13.8 Å². The minimum absolute atomic E-state index is 0.214. The first-order chi connectivity index (χ1) is 9.38. The van der Waals surface area contributed by atoms with Crippen molar-refractivity contribution < 1.29 is 4.74 Å². The zero-order valence-electron chi connectivity index (χ0n) is 10.8. The van der Waals surface area contributed by atoms with Crippen molar-refractivity contribution in [3.05, 3.63) is 38.4 Å². The lowest BCUT2D eigenvalue weighted by molar-refractivity contribution is 0.451. The van der Waals surface area contributed by atoms with E-state index in [1.165, 1.54) is 0 Å². The Bertz CT molecular complexity index is 627. The number of rotatable bonds is 3. The first-order valence-corrected chi connectivity index (χ1v) is 7.39. The van der Waals surface area contributed by atoms with Gasteiger partial charge in [-0.3, -0.25) is 0 Å². The predicted octanol–water partition coefficient (Wildman–Crippen LogP) is 5.04. The van der Waals surface area contributed by atoms with Gasteiger partial charge >= 0.3 is 0 Å². The molecule has 4 nitrogen and oxygen atoms in total. The average molecular weight is 377 g/mol. The summed E-state index contributed by atoms with van der Waals surface area (Å²) in [4.78, 5) is 0. The Morgan fingerprint density at radius 2 is 1.90 bits per heavy atom. The number of nitrogens with two attached hydrogens (primary N) is 1. The SMILES string of the molecule is CC(C)c1cc(Oc2c(Cl)cc(N)cc2Br)nnc1Cl. The van der Waals surface area contributed by atoms with E-state index in [2.05, 4.69) is 26.1 Å². The second-order valence-corrected chi connectivity index (χ2v) is 6.12. The van der Waals surface area contributed by atoms with E-state index in [1.54, 1.807) is 18.2 Å². The Morgan fingerprint density at radius 1 is 1.20 bits per heavy atom. The number of ether oxygens (including phenoxy) is 1. The molecule has 0 aliphatic carbocycles. The minimum Gasteiger partial charge on any atom is -0.435 e. The summed E-state index contributed by atoms with van der Waals surface area (Å²) in [5.41, 5.74) is 7.09. The molecule has 0 unspecified atom stereocenters. The van der Waals surface area contributed by atoms with Crippen LogP contribution in [0, 0.1) is 0 Å². The molecule has 0 aliphatic heterocycles. The van der Waals surface area contributed by atoms with Gasteiger partial charge in [0.25, 0.3) is 0 Å². The molecule has 1 aromatic heterocycles. The Hall–Kier alpha value is -1.04. The Kier molecular flexibility index (Phi) is 4.73. The molecule has 0 saturated heterocycles. The van der Waals surface area contributed by atoms with Gasteiger partial charge in [-0.15, -0.1) is 10.2 Å². The molecule has 106 valence electrons. The Morgan fingerprint density at radius 3 is 2.50 bits per heavy atom. The molecule has 2 rings (SSSR count). The van der Waals surface area contributed by atoms with Crippen LogP contribution in [-0.4, -0.2) is 10.2 Å². The standard InChI is InChI=1S/C13H12BrCl2N3O/c1-6(2)8-5-11(18-19-13(8)16)20-12-9(14)3-7(17)4-10(12)15/h3-6H,17H2,1-2H3. The van der Waals surface area contributed by atoms with Crippen LogP contribution in [0.2, 0.25) is 10.2 Å². The van der Waals surface area contributed by atoms with Crippen LogP contribution in [0.1, 0.15) is 25.3 Å². The van der Waals surface area contributed by atoms with Crippen LogP contribution >= 0.6 is 39.1 Å². The van der Waals surface area contributed by atoms with Gasteiger partial charge < -0.3 is 10.5 Å². The highest BCUT2D eigenvalue weighted by Gasteiger charge is 2.14. The van der Waals surface area contributed by atoms with Crippen molar-refractivity contribution in [1.82, 2.24) is 10.2 Å². The molecule has 0 bridgehead atoms. The van der Waals surface area contributed by atoms with Gasteiger partial charge in [-0.05, 0) is 39.5 Å². The largest absolute Gasteiger partial charge is 0.435 e. The monoisotopic (exact) mass is 375 g/mol. The van der Waals surface area contributed by atoms with E-state index in [4.69, 9.17) is 33.7 Å². The van der Waals surface area contributed by atoms with Crippen LogP contribution in [0.3, 0.4) is 0 Å². The Labute approximate surface area is 135 Å². The summed E-state index contributed by atoms with van der Waals surface area (Å²) in [5.74, 6) is 0.975. The van der Waals surface area contributed by atoms with Crippen LogP contribution in [0.15, 0.2) is 22.7 Å². The highest BCUT2D eigenvalue weighted by molar-refractivity contribution is 9.10. The third-order valence-electron chi connectivity index (χ3n) is 2.60. The van der Waals surface area contributed by atoms with Crippen molar-refractivity contribution in [1.29, 1.82) is 0 Å². The lowest BCUT2D eigenvalue weighted by atomic mass is 10.1. The maximum Gasteiger partial charge on any atom is 0.239 e. The summed E-state index contributed by atoms with van der Waals surface area (Å²) in [5, 5.41) is 8.55. The highest BCUT2D eigenvalue weighted by atomic mass is 79.9. The van der Waals surface area contributed by atoms with Crippen LogP contribution < -0.4 is 10.5 Å². The topological polar surface area (TPSA) is 61.0 Å². The number of benzene rings is 1. The van der Waals surface area contributed by atoms with E-state index in [9.17, 15) is 0 Å². The molecule has 1 aromatic carbocycles. The number of nitrogen functional groups attached to an aromatic ring is 1. The van der Waals surface area contributed by atoms with Gasteiger partial charge in [-0.2, -0.15) is 0 Å². The van der Waals surface area contributed by atoms with Gasteiger partial charge in [0, 0.05) is 11.8 Å². The fraction of sp³-hybridized carbons (Fsp3) is 0.231. The molecule has 0 atom stereocenters. The number of aromatic nitrogens is 2. The zero-order chi connectivity index (χ0) is 14.9. The van der Waals surface area contributed by atoms with Crippen LogP contribution in [-0.2, 0) is 0 Å². The minimum atomic E-state index is 0.214. The van der Waals surface area contributed by atoms with Crippen LogP contribution in [0.5, 0.6) is 11.6 Å². The van der Waals surface area contributed by atoms with Gasteiger partial charge in [-0.1, -0.05) is 37.0 Å². The van der Waals surface area contributed by atoms with E-state index in [-0.39, 0.29) is 5.92 Å². The molecule has 1 heterocycles. The van der Waals surface area contributed by atoms with Crippen molar-refractivity contribution in [2.75, 3.05) is 5.73 Å². The number of halogens is 3. The number of hydrogen-bond donors (Lipinski definition) is 1. The number of anilines is 1. The molecular weight excluding hydrogens is 365 g/mol. The van der Waals surface area contributed by atoms with Gasteiger partial charge in [0.05, 0.1) is 9.50 Å². The van der Waals surface area contributed by atoms with Crippen molar-refractivity contribution in [2.45, 2.75) is 19.8 Å². The summed E-state index contributed by atoms with van der Waals surface area (Å²) in [6, 6.07) is 5.06. The molecule has 7 heteroatoms. The molecule has 0 fully saturated rings. The quantitative estimate of drug-likeness (QED) is 0.762.